The number of ether oxygens (including phenoxy) is 1. The molecule has 1 aromatic carbocycles. The third-order valence-corrected chi connectivity index (χ3v) is 4.08. The Morgan fingerprint density at radius 3 is 2.59 bits per heavy atom. The highest BCUT2D eigenvalue weighted by Gasteiger charge is 2.15. The number of rotatable bonds is 6. The van der Waals surface area contributed by atoms with Crippen LogP contribution < -0.4 is 21.3 Å². The molecule has 0 radical (unpaired) electrons. The zero-order valence-electron chi connectivity index (χ0n) is 15.1. The van der Waals surface area contributed by atoms with Gasteiger partial charge in [-0.15, -0.1) is 0 Å². The van der Waals surface area contributed by atoms with Crippen LogP contribution in [0.1, 0.15) is 29.3 Å². The predicted molar refractivity (Wildman–Crippen MR) is 99.5 cm³/mol. The number of carbonyl (C=O) groups excluding carboxylic acids is 2. The summed E-state index contributed by atoms with van der Waals surface area (Å²) in [7, 11) is 0. The second kappa shape index (κ2) is 8.65. The topological polar surface area (TPSA) is 123 Å². The van der Waals surface area contributed by atoms with Gasteiger partial charge in [0.25, 0.3) is 5.91 Å². The molecule has 0 unspecified atom stereocenters. The molecule has 0 saturated carbocycles. The van der Waals surface area contributed by atoms with Crippen LogP contribution in [0, 0.1) is 0 Å². The van der Waals surface area contributed by atoms with Gasteiger partial charge in [0.2, 0.25) is 11.8 Å². The van der Waals surface area contributed by atoms with Crippen LogP contribution in [0.5, 0.6) is 0 Å². The van der Waals surface area contributed by atoms with E-state index >= 15 is 0 Å². The molecule has 2 aromatic rings. The van der Waals surface area contributed by atoms with E-state index in [9.17, 15) is 9.59 Å². The van der Waals surface area contributed by atoms with Crippen molar-refractivity contribution in [3.63, 3.8) is 0 Å². The number of nitrogens with two attached hydrogens (primary N) is 1. The van der Waals surface area contributed by atoms with E-state index in [0.29, 0.717) is 5.69 Å². The smallest absolute Gasteiger partial charge is 0.273 e. The van der Waals surface area contributed by atoms with Crippen LogP contribution in [0.3, 0.4) is 0 Å². The van der Waals surface area contributed by atoms with Gasteiger partial charge >= 0.3 is 0 Å². The molecule has 1 aliphatic heterocycles. The van der Waals surface area contributed by atoms with Gasteiger partial charge in [-0.25, -0.2) is 4.98 Å². The summed E-state index contributed by atoms with van der Waals surface area (Å²) in [5.41, 5.74) is 7.46. The van der Waals surface area contributed by atoms with Gasteiger partial charge in [-0.1, -0.05) is 0 Å². The molecule has 2 heterocycles. The van der Waals surface area contributed by atoms with Gasteiger partial charge in [-0.3, -0.25) is 9.59 Å². The second-order valence-corrected chi connectivity index (χ2v) is 6.24. The van der Waals surface area contributed by atoms with E-state index in [-0.39, 0.29) is 24.0 Å². The summed E-state index contributed by atoms with van der Waals surface area (Å²) in [6, 6.07) is 7.15. The van der Waals surface area contributed by atoms with Crippen molar-refractivity contribution in [2.75, 3.05) is 43.1 Å². The van der Waals surface area contributed by atoms with Crippen molar-refractivity contribution >= 4 is 23.2 Å². The monoisotopic (exact) mass is 373 g/mol. The van der Waals surface area contributed by atoms with Crippen LogP contribution in [-0.2, 0) is 9.53 Å². The Morgan fingerprint density at radius 1 is 1.26 bits per heavy atom. The maximum atomic E-state index is 12.0. The molecule has 0 aliphatic carbocycles. The molecule has 144 valence electrons. The van der Waals surface area contributed by atoms with Gasteiger partial charge in [0.15, 0.2) is 5.69 Å². The highest BCUT2D eigenvalue weighted by molar-refractivity contribution is 5.98. The average molecular weight is 373 g/mol. The second-order valence-electron chi connectivity index (χ2n) is 6.24. The fraction of sp³-hybridized carbons (Fsp3) is 0.389. The fourth-order valence-corrected chi connectivity index (χ4v) is 2.63. The number of nitrogens with one attached hydrogen (secondary N) is 2. The van der Waals surface area contributed by atoms with Crippen molar-refractivity contribution < 1.29 is 18.7 Å². The maximum absolute atomic E-state index is 12.0. The van der Waals surface area contributed by atoms with E-state index in [1.807, 2.05) is 24.3 Å². The van der Waals surface area contributed by atoms with Crippen molar-refractivity contribution in [3.05, 3.63) is 42.1 Å². The van der Waals surface area contributed by atoms with Crippen LogP contribution in [0.25, 0.3) is 0 Å². The Morgan fingerprint density at radius 2 is 1.96 bits per heavy atom. The molecule has 2 amide bonds. The number of aromatic nitrogens is 1. The average Bonchev–Trinajstić information content (AvgIpc) is 3.18. The molecule has 0 spiro atoms. The summed E-state index contributed by atoms with van der Waals surface area (Å²) >= 11 is 0. The standard InChI is InChI=1S/C18H23N5O4/c1-12(19)18-22-15(11-27-18)17(25)20-10-16(24)21-13-2-4-14(5-3-13)23-6-8-26-9-7-23/h2-5,11-12H,6-10,19H2,1H3,(H,20,25)(H,21,24)/t12-/m1/s1. The Labute approximate surface area is 156 Å². The van der Waals surface area contributed by atoms with Crippen LogP contribution in [0.4, 0.5) is 11.4 Å². The van der Waals surface area contributed by atoms with Crippen LogP contribution in [-0.4, -0.2) is 49.6 Å². The first kappa shape index (κ1) is 18.9. The summed E-state index contributed by atoms with van der Waals surface area (Å²) in [5.74, 6) is -0.563. The minimum absolute atomic E-state index is 0.0879. The highest BCUT2D eigenvalue weighted by Crippen LogP contribution is 2.19. The largest absolute Gasteiger partial charge is 0.446 e. The molecule has 1 atom stereocenters. The zero-order valence-corrected chi connectivity index (χ0v) is 15.1. The summed E-state index contributed by atoms with van der Waals surface area (Å²) in [5, 5.41) is 5.24. The van der Waals surface area contributed by atoms with Crippen molar-refractivity contribution in [1.82, 2.24) is 10.3 Å². The van der Waals surface area contributed by atoms with Crippen LogP contribution in [0.2, 0.25) is 0 Å². The lowest BCUT2D eigenvalue weighted by Gasteiger charge is -2.28. The maximum Gasteiger partial charge on any atom is 0.273 e. The minimum Gasteiger partial charge on any atom is -0.446 e. The van der Waals surface area contributed by atoms with Crippen molar-refractivity contribution in [1.29, 1.82) is 0 Å². The van der Waals surface area contributed by atoms with E-state index in [1.54, 1.807) is 6.92 Å². The van der Waals surface area contributed by atoms with E-state index in [2.05, 4.69) is 20.5 Å². The van der Waals surface area contributed by atoms with Gasteiger partial charge in [0.05, 0.1) is 25.8 Å². The number of carbonyl (C=O) groups is 2. The lowest BCUT2D eigenvalue weighted by Crippen LogP contribution is -2.36. The SMILES string of the molecule is C[C@@H](N)c1nc(C(=O)NCC(=O)Nc2ccc(N3CCOCC3)cc2)co1. The van der Waals surface area contributed by atoms with Gasteiger partial charge in [0.1, 0.15) is 6.26 Å². The minimum atomic E-state index is -0.497. The number of hydrogen-bond acceptors (Lipinski definition) is 7. The van der Waals surface area contributed by atoms with E-state index in [1.165, 1.54) is 6.26 Å². The van der Waals surface area contributed by atoms with Crippen LogP contribution >= 0.6 is 0 Å². The lowest BCUT2D eigenvalue weighted by atomic mass is 10.2. The number of anilines is 2. The summed E-state index contributed by atoms with van der Waals surface area (Å²) in [6.07, 6.45) is 1.22. The molecule has 1 saturated heterocycles. The Kier molecular flexibility index (Phi) is 6.05. The van der Waals surface area contributed by atoms with Gasteiger partial charge in [0, 0.05) is 24.5 Å². The number of morpholine rings is 1. The molecule has 4 N–H and O–H groups in total. The van der Waals surface area contributed by atoms with E-state index < -0.39 is 11.9 Å². The number of benzene rings is 1. The summed E-state index contributed by atoms with van der Waals surface area (Å²) < 4.78 is 10.4. The van der Waals surface area contributed by atoms with E-state index in [4.69, 9.17) is 14.9 Å². The molecule has 1 aliphatic rings. The Hall–Kier alpha value is -2.91. The Balaban J connectivity index is 1.47. The van der Waals surface area contributed by atoms with Gasteiger partial charge < -0.3 is 30.4 Å². The first-order chi connectivity index (χ1) is 13.0. The molecular formula is C18H23N5O4. The zero-order chi connectivity index (χ0) is 19.2. The summed E-state index contributed by atoms with van der Waals surface area (Å²) in [4.78, 5) is 30.2. The third-order valence-electron chi connectivity index (χ3n) is 4.08. The number of oxazole rings is 1. The fourth-order valence-electron chi connectivity index (χ4n) is 2.63. The quantitative estimate of drug-likeness (QED) is 0.687. The highest BCUT2D eigenvalue weighted by atomic mass is 16.5. The van der Waals surface area contributed by atoms with Gasteiger partial charge in [-0.2, -0.15) is 0 Å². The molecule has 0 bridgehead atoms. The van der Waals surface area contributed by atoms with Crippen molar-refractivity contribution in [3.8, 4) is 0 Å². The van der Waals surface area contributed by atoms with Gasteiger partial charge in [-0.05, 0) is 31.2 Å². The molecule has 9 heteroatoms. The predicted octanol–water partition coefficient (Wildman–Crippen LogP) is 0.899. The third kappa shape index (κ3) is 5.05. The Bertz CT molecular complexity index is 781. The molecule has 27 heavy (non-hydrogen) atoms. The number of amides is 2. The molecule has 1 fully saturated rings. The van der Waals surface area contributed by atoms with Crippen LogP contribution in [0.15, 0.2) is 34.9 Å². The van der Waals surface area contributed by atoms with Crippen molar-refractivity contribution in [2.24, 2.45) is 5.73 Å². The van der Waals surface area contributed by atoms with Crippen molar-refractivity contribution in [2.45, 2.75) is 13.0 Å². The first-order valence-corrected chi connectivity index (χ1v) is 8.75. The summed E-state index contributed by atoms with van der Waals surface area (Å²) in [6.45, 7) is 4.66. The van der Waals surface area contributed by atoms with E-state index in [0.717, 1.165) is 32.0 Å². The number of hydrogen-bond donors (Lipinski definition) is 3. The number of nitrogens with zero attached hydrogens (tertiary/aromatic N) is 2. The normalized spacial score (nSPS) is 15.3. The molecule has 9 nitrogen and oxygen atoms in total. The molecular weight excluding hydrogens is 350 g/mol. The lowest BCUT2D eigenvalue weighted by molar-refractivity contribution is -0.115. The first-order valence-electron chi connectivity index (χ1n) is 8.75. The molecule has 3 rings (SSSR count). The molecule has 1 aromatic heterocycles.